The first-order valence-electron chi connectivity index (χ1n) is 47.4. The van der Waals surface area contributed by atoms with Gasteiger partial charge < -0.3 is 25.0 Å². The summed E-state index contributed by atoms with van der Waals surface area (Å²) in [4.78, 5) is 129. The van der Waals surface area contributed by atoms with Gasteiger partial charge in [-0.25, -0.2) is 14.7 Å². The summed E-state index contributed by atoms with van der Waals surface area (Å²) < 4.78 is 11.2. The van der Waals surface area contributed by atoms with E-state index in [1.165, 1.54) is 96.9 Å². The number of allylic oxidation sites excluding steroid dienone is 6. The van der Waals surface area contributed by atoms with Crippen LogP contribution in [-0.4, -0.2) is 110 Å². The molecule has 716 valence electrons. The topological polar surface area (TPSA) is 256 Å². The minimum absolute atomic E-state index is 0.0372. The standard InChI is InChI=1S/C38H32O2.C29H22BrNO4.C28H21NO3.C10H6BrNO3.C6H15N.C6H6.C4H8O.CO/c1-25-30(26-17-9-5-10-18-26)38(29-23-15-8-16-24-29)36(3)32(28-21-13-7-14-22-28)31(27-19-11-6-12-20-27)35(2,34(36)40)37(38,4)33(25)39;1-27-21(17-9-5-3-6-10-17)22(18-11-7-4-8-12-18)28(2,25(27)34)29(30)23(27)24(33)31(26(29)35)19-13-15-20(32)16-14-19;1-17-23(19-9-5-3-6-10-19)24(20-11-7-4-8-12-20)18(2)26-25(17)27(31)29(28(26)32)21-13-15-22(30)16-14-21;11-8-5-9(14)12(10(8)15)6-1-3-7(13)4-2-6;1-4-7(5-2)6-3;1-2-4-6-5-3-1;1-2-4-5-3-1;1-2/h5-24H,1-4H3;3-16,23,32H,1-2H3;3-16,30H,1-2H3;1-5,13H;4-6H2,1-3H3;1-6H;1-4H2;. The number of amides is 6. The Morgan fingerprint density at radius 1 is 0.373 bits per heavy atom. The number of benzene rings is 13. The maximum atomic E-state index is 15.4. The Balaban J connectivity index is 0.000000138. The van der Waals surface area contributed by atoms with Crippen molar-refractivity contribution in [2.75, 3.05) is 47.5 Å². The van der Waals surface area contributed by atoms with Crippen molar-refractivity contribution in [1.29, 1.82) is 0 Å². The van der Waals surface area contributed by atoms with Crippen molar-refractivity contribution in [2.45, 2.75) is 98.7 Å². The first-order valence-corrected chi connectivity index (χ1v) is 49.0. The summed E-state index contributed by atoms with van der Waals surface area (Å²) in [6, 6.07) is 110. The number of aromatic hydroxyl groups is 3. The van der Waals surface area contributed by atoms with Crippen LogP contribution in [-0.2, 0) is 48.4 Å². The number of alkyl halides is 1. The van der Waals surface area contributed by atoms with Gasteiger partial charge >= 0.3 is 11.3 Å². The van der Waals surface area contributed by atoms with Gasteiger partial charge in [0.05, 0.1) is 71.1 Å². The average molecular weight is 2020 g/mol. The van der Waals surface area contributed by atoms with E-state index < -0.39 is 66.4 Å². The molecule has 9 aliphatic rings. The maximum absolute atomic E-state index is 15.4. The fraction of sp³-hybridized carbons (Fsp3) is 0.213. The largest absolute Gasteiger partial charge is 0.0623 e. The second-order valence-corrected chi connectivity index (χ2v) is 38.9. The number of fused-ring (bicyclic) bond motifs is 11. The number of phenols is 3. The van der Waals surface area contributed by atoms with Crippen molar-refractivity contribution < 1.29 is 67.9 Å². The molecule has 3 N–H and O–H groups in total. The van der Waals surface area contributed by atoms with Gasteiger partial charge in [0.1, 0.15) is 21.6 Å². The number of rotatable bonds is 14. The Morgan fingerprint density at radius 3 is 1.01 bits per heavy atom. The molecule has 8 atom stereocenters. The maximum Gasteiger partial charge on any atom is -0.0623 e. The number of halogens is 2. The molecule has 4 bridgehead atoms. The molecule has 4 fully saturated rings. The first-order chi connectivity index (χ1) is 68.4. The third-order valence-corrected chi connectivity index (χ3v) is 31.8. The van der Waals surface area contributed by atoms with Crippen LogP contribution in [0.1, 0.15) is 140 Å². The number of carbonyl (C=O) groups is 9. The SMILES string of the molecule is C1CCOC1.CC12C(=O)C(C)(C(c3ccccc3)=C1c1ccccc1)C1(Br)C(=O)N(c3ccc(O)cc3)C(=O)C21.CC1=C(c2ccccc2)C2(c3ccccc3)C3(C)C(=O)C(C)(C(c4ccccc4)=C3c3ccccc3)C2(C)C1=O.CCN(CC)CC.Cc1c2c(c(C)c(-c3ccccc3)c1-c1ccccc1)C(=O)N(c1ccc(O)cc1)C2=O.O=C1C=C(Br)C(=O)N1c1ccc(O)cc1.[C-]#[O+].c1ccccc1. The Hall–Kier alpha value is -14.7. The molecular weight excluding hydrogens is 1910 g/mol. The molecule has 2 saturated heterocycles. The van der Waals surface area contributed by atoms with Crippen LogP contribution in [0.15, 0.2) is 368 Å². The molecule has 20 heteroatoms. The summed E-state index contributed by atoms with van der Waals surface area (Å²) in [5, 5.41) is 28.4. The van der Waals surface area contributed by atoms with E-state index >= 15 is 4.79 Å². The molecule has 0 spiro atoms. The zero-order chi connectivity index (χ0) is 102. The Morgan fingerprint density at radius 2 is 0.683 bits per heavy atom. The van der Waals surface area contributed by atoms with Gasteiger partial charge in [0.15, 0.2) is 17.3 Å². The molecule has 18 nitrogen and oxygen atoms in total. The van der Waals surface area contributed by atoms with Gasteiger partial charge in [-0.15, -0.1) is 0 Å². The van der Waals surface area contributed by atoms with Crippen LogP contribution in [0.2, 0.25) is 0 Å². The van der Waals surface area contributed by atoms with Crippen LogP contribution in [0.5, 0.6) is 17.2 Å². The molecule has 142 heavy (non-hydrogen) atoms. The van der Waals surface area contributed by atoms with Crippen LogP contribution in [0, 0.1) is 53.5 Å². The number of hydrogen-bond acceptors (Lipinski definition) is 14. The van der Waals surface area contributed by atoms with Crippen molar-refractivity contribution in [2.24, 2.45) is 33.0 Å². The molecule has 4 aliphatic heterocycles. The average Bonchev–Trinajstić information content (AvgIpc) is 1.41. The van der Waals surface area contributed by atoms with Crippen molar-refractivity contribution in [3.8, 4) is 39.5 Å². The smallest absolute Gasteiger partial charge is 0.0623 e. The summed E-state index contributed by atoms with van der Waals surface area (Å²) in [5.41, 5.74) is 12.2. The van der Waals surface area contributed by atoms with Gasteiger partial charge in [0.2, 0.25) is 5.91 Å². The number of imide groups is 3. The van der Waals surface area contributed by atoms with Crippen LogP contribution in [0.4, 0.5) is 17.1 Å². The number of nitrogens with zero attached hydrogens (tertiary/aromatic N) is 4. The predicted octanol–water partition coefficient (Wildman–Crippen LogP) is 24.9. The molecule has 2 saturated carbocycles. The number of hydrogen-bond donors (Lipinski definition) is 3. The summed E-state index contributed by atoms with van der Waals surface area (Å²) in [6.07, 6.45) is 3.77. The van der Waals surface area contributed by atoms with Gasteiger partial charge in [-0.05, 0) is 277 Å². The van der Waals surface area contributed by atoms with E-state index in [0.717, 1.165) is 118 Å². The fourth-order valence-electron chi connectivity index (χ4n) is 23.2. The molecule has 5 aliphatic carbocycles. The molecule has 8 unspecified atom stereocenters. The molecule has 0 radical (unpaired) electrons. The zero-order valence-electron chi connectivity index (χ0n) is 81.0. The van der Waals surface area contributed by atoms with E-state index in [2.05, 4.69) is 133 Å². The van der Waals surface area contributed by atoms with E-state index in [1.807, 2.05) is 258 Å². The molecular formula is C122H110Br2N4O14. The number of ketones is 3. The van der Waals surface area contributed by atoms with E-state index in [0.29, 0.717) is 28.2 Å². The molecule has 22 rings (SSSR count). The third-order valence-electron chi connectivity index (χ3n) is 29.6. The Kier molecular flexibility index (Phi) is 30.1. The monoisotopic (exact) mass is 2010 g/mol. The summed E-state index contributed by atoms with van der Waals surface area (Å²) in [7, 11) is 0. The summed E-state index contributed by atoms with van der Waals surface area (Å²) in [6.45, 7) is 32.3. The van der Waals surface area contributed by atoms with Crippen LogP contribution < -0.4 is 14.7 Å². The molecule has 0 aromatic heterocycles. The quantitative estimate of drug-likeness (QED) is 0.0396. The fourth-order valence-corrected chi connectivity index (χ4v) is 24.8. The Bertz CT molecular complexity index is 7000. The summed E-state index contributed by atoms with van der Waals surface area (Å²) in [5.74, 6) is -3.00. The van der Waals surface area contributed by atoms with Gasteiger partial charge in [-0.3, -0.25) is 43.2 Å². The van der Waals surface area contributed by atoms with Crippen molar-refractivity contribution in [3.63, 3.8) is 0 Å². The Labute approximate surface area is 845 Å². The third kappa shape index (κ3) is 16.7. The second kappa shape index (κ2) is 42.0. The van der Waals surface area contributed by atoms with E-state index in [-0.39, 0.29) is 50.9 Å². The second-order valence-electron chi connectivity index (χ2n) is 36.8. The molecule has 13 aromatic carbocycles. The minimum atomic E-state index is -1.44. The number of phenolic OH excluding ortho intramolecular Hbond substituents is 3. The van der Waals surface area contributed by atoms with Crippen LogP contribution >= 0.6 is 31.9 Å². The first kappa shape index (κ1) is 102. The van der Waals surface area contributed by atoms with Crippen molar-refractivity contribution in [1.82, 2.24) is 4.90 Å². The number of anilines is 3. The molecule has 13 aromatic rings. The van der Waals surface area contributed by atoms with Gasteiger partial charge in [0, 0.05) is 19.3 Å². The number of carbonyl (C=O) groups excluding carboxylic acids is 9. The van der Waals surface area contributed by atoms with Gasteiger partial charge in [0.25, 0.3) is 29.5 Å². The number of ether oxygens (including phenoxy) is 1. The van der Waals surface area contributed by atoms with E-state index in [1.54, 1.807) is 31.2 Å². The van der Waals surface area contributed by atoms with Gasteiger partial charge in [-0.2, -0.15) is 0 Å². The molecule has 6 amide bonds. The molecule has 4 heterocycles. The van der Waals surface area contributed by atoms with Crippen LogP contribution in [0.3, 0.4) is 0 Å². The number of Topliss-reactive ketones (excluding diaryl/α,β-unsaturated/α-hetero) is 3. The van der Waals surface area contributed by atoms with E-state index in [4.69, 9.17) is 14.5 Å². The van der Waals surface area contributed by atoms with Crippen molar-refractivity contribution >= 4 is 130 Å². The van der Waals surface area contributed by atoms with Crippen molar-refractivity contribution in [3.05, 3.63) is 430 Å². The van der Waals surface area contributed by atoms with Gasteiger partial charge in [-0.1, -0.05) is 316 Å². The minimum Gasteiger partial charge on any atom is -0.0623 e. The van der Waals surface area contributed by atoms with E-state index in [9.17, 15) is 48.6 Å². The summed E-state index contributed by atoms with van der Waals surface area (Å²) >= 11 is 6.74. The zero-order valence-corrected chi connectivity index (χ0v) is 84.1. The normalized spacial score (nSPS) is 22.7. The predicted molar refractivity (Wildman–Crippen MR) is 565 cm³/mol. The van der Waals surface area contributed by atoms with Crippen LogP contribution in [0.25, 0.3) is 50.1 Å².